The monoisotopic (exact) mass is 302 g/mol. The summed E-state index contributed by atoms with van der Waals surface area (Å²) >= 11 is 0. The lowest BCUT2D eigenvalue weighted by molar-refractivity contribution is 0.602. The maximum Gasteiger partial charge on any atom is 0.175 e. The Labute approximate surface area is 125 Å². The van der Waals surface area contributed by atoms with Crippen LogP contribution in [-0.2, 0) is 16.4 Å². The van der Waals surface area contributed by atoms with Crippen LogP contribution in [0.15, 0.2) is 53.4 Å². The van der Waals surface area contributed by atoms with Crippen LogP contribution in [0.3, 0.4) is 0 Å². The van der Waals surface area contributed by atoms with Crippen LogP contribution >= 0.6 is 0 Å². The second kappa shape index (κ2) is 5.50. The first-order valence-corrected chi connectivity index (χ1v) is 8.81. The third-order valence-corrected chi connectivity index (χ3v) is 4.82. The molecule has 0 fully saturated rings. The number of fused-ring (bicyclic) bond motifs is 1. The average Bonchev–Trinajstić information content (AvgIpc) is 2.69. The molecule has 1 aliphatic heterocycles. The van der Waals surface area contributed by atoms with Gasteiger partial charge < -0.3 is 10.2 Å². The lowest BCUT2D eigenvalue weighted by Gasteiger charge is -2.24. The van der Waals surface area contributed by atoms with Crippen LogP contribution in [0.25, 0.3) is 0 Å². The Morgan fingerprint density at radius 1 is 1.05 bits per heavy atom. The maximum atomic E-state index is 11.6. The van der Waals surface area contributed by atoms with Crippen molar-refractivity contribution in [3.63, 3.8) is 0 Å². The van der Waals surface area contributed by atoms with Gasteiger partial charge >= 0.3 is 0 Å². The molecule has 4 nitrogen and oxygen atoms in total. The molecular weight excluding hydrogens is 284 g/mol. The van der Waals surface area contributed by atoms with E-state index in [0.717, 1.165) is 25.3 Å². The lowest BCUT2D eigenvalue weighted by Crippen LogP contribution is -2.24. The molecule has 5 heteroatoms. The molecule has 1 N–H and O–H groups in total. The van der Waals surface area contributed by atoms with Gasteiger partial charge in [-0.2, -0.15) is 0 Å². The van der Waals surface area contributed by atoms with Crippen molar-refractivity contribution < 1.29 is 8.42 Å². The quantitative estimate of drug-likeness (QED) is 0.925. The molecule has 0 bridgehead atoms. The van der Waals surface area contributed by atoms with Crippen LogP contribution < -0.4 is 10.2 Å². The lowest BCUT2D eigenvalue weighted by atomic mass is 10.1. The summed E-state index contributed by atoms with van der Waals surface area (Å²) in [5.41, 5.74) is 3.44. The molecule has 0 aliphatic carbocycles. The number of rotatable bonds is 2. The van der Waals surface area contributed by atoms with Gasteiger partial charge in [0.15, 0.2) is 9.84 Å². The molecule has 3 rings (SSSR count). The Hall–Kier alpha value is -1.85. The van der Waals surface area contributed by atoms with Crippen LogP contribution in [0.1, 0.15) is 5.56 Å². The van der Waals surface area contributed by atoms with Gasteiger partial charge in [0.05, 0.1) is 4.90 Å². The summed E-state index contributed by atoms with van der Waals surface area (Å²) in [6, 6.07) is 15.4. The van der Waals surface area contributed by atoms with E-state index in [4.69, 9.17) is 0 Å². The Kier molecular flexibility index (Phi) is 3.69. The summed E-state index contributed by atoms with van der Waals surface area (Å²) < 4.78 is 23.1. The molecule has 0 atom stereocenters. The Morgan fingerprint density at radius 3 is 2.48 bits per heavy atom. The smallest absolute Gasteiger partial charge is 0.175 e. The largest absolute Gasteiger partial charge is 0.340 e. The number of anilines is 2. The van der Waals surface area contributed by atoms with Crippen molar-refractivity contribution in [2.45, 2.75) is 11.4 Å². The van der Waals surface area contributed by atoms with Crippen LogP contribution in [0.5, 0.6) is 0 Å². The zero-order chi connectivity index (χ0) is 14.9. The Morgan fingerprint density at radius 2 is 1.76 bits per heavy atom. The molecular formula is C16H18N2O2S. The number of sulfone groups is 1. The highest BCUT2D eigenvalue weighted by molar-refractivity contribution is 7.90. The van der Waals surface area contributed by atoms with Crippen LogP contribution in [0, 0.1) is 0 Å². The van der Waals surface area contributed by atoms with Crippen LogP contribution in [0.4, 0.5) is 11.4 Å². The molecule has 2 aromatic carbocycles. The number of hydrogen-bond acceptors (Lipinski definition) is 4. The van der Waals surface area contributed by atoms with Crippen molar-refractivity contribution in [3.05, 3.63) is 54.1 Å². The molecule has 0 amide bonds. The minimum absolute atomic E-state index is 0.354. The number of nitrogens with one attached hydrogen (secondary N) is 1. The first kappa shape index (κ1) is 14.1. The topological polar surface area (TPSA) is 49.4 Å². The average molecular weight is 302 g/mol. The second-order valence-electron chi connectivity index (χ2n) is 5.22. The third-order valence-electron chi connectivity index (χ3n) is 3.69. The van der Waals surface area contributed by atoms with E-state index in [1.54, 1.807) is 12.1 Å². The number of para-hydroxylation sites is 1. The summed E-state index contributed by atoms with van der Waals surface area (Å²) in [6.45, 7) is 2.60. The molecule has 0 radical (unpaired) electrons. The van der Waals surface area contributed by atoms with Crippen LogP contribution in [-0.4, -0.2) is 27.8 Å². The van der Waals surface area contributed by atoms with Gasteiger partial charge in [-0.05, 0) is 35.9 Å². The SMILES string of the molecule is CS(=O)(=O)c1ccc(N2CCNCc3ccccc32)cc1. The van der Waals surface area contributed by atoms with Crippen molar-refractivity contribution in [2.24, 2.45) is 0 Å². The van der Waals surface area contributed by atoms with Crippen molar-refractivity contribution in [1.82, 2.24) is 5.32 Å². The second-order valence-corrected chi connectivity index (χ2v) is 7.24. The molecule has 0 aromatic heterocycles. The van der Waals surface area contributed by atoms with E-state index in [9.17, 15) is 8.42 Å². The highest BCUT2D eigenvalue weighted by Gasteiger charge is 2.16. The van der Waals surface area contributed by atoms with Gasteiger partial charge in [0, 0.05) is 37.3 Å². The molecule has 0 saturated carbocycles. The number of nitrogens with zero attached hydrogens (tertiary/aromatic N) is 1. The molecule has 1 heterocycles. The first-order chi connectivity index (χ1) is 10.1. The zero-order valence-electron chi connectivity index (χ0n) is 11.9. The molecule has 0 unspecified atom stereocenters. The normalized spacial score (nSPS) is 15.4. The number of hydrogen-bond donors (Lipinski definition) is 1. The van der Waals surface area contributed by atoms with E-state index < -0.39 is 9.84 Å². The fraction of sp³-hybridized carbons (Fsp3) is 0.250. The van der Waals surface area contributed by atoms with Crippen molar-refractivity contribution in [3.8, 4) is 0 Å². The van der Waals surface area contributed by atoms with E-state index in [1.807, 2.05) is 24.3 Å². The van der Waals surface area contributed by atoms with Gasteiger partial charge in [0.2, 0.25) is 0 Å². The minimum Gasteiger partial charge on any atom is -0.340 e. The van der Waals surface area contributed by atoms with E-state index in [1.165, 1.54) is 17.5 Å². The number of benzene rings is 2. The van der Waals surface area contributed by atoms with Crippen molar-refractivity contribution in [1.29, 1.82) is 0 Å². The van der Waals surface area contributed by atoms with Crippen LogP contribution in [0.2, 0.25) is 0 Å². The van der Waals surface area contributed by atoms with Gasteiger partial charge in [-0.25, -0.2) is 8.42 Å². The van der Waals surface area contributed by atoms with Crippen molar-refractivity contribution >= 4 is 21.2 Å². The van der Waals surface area contributed by atoms with Crippen molar-refractivity contribution in [2.75, 3.05) is 24.2 Å². The summed E-state index contributed by atoms with van der Waals surface area (Å²) in [5.74, 6) is 0. The summed E-state index contributed by atoms with van der Waals surface area (Å²) in [5, 5.41) is 3.40. The van der Waals surface area contributed by atoms with Gasteiger partial charge in [-0.1, -0.05) is 18.2 Å². The standard InChI is InChI=1S/C16H18N2O2S/c1-21(19,20)15-8-6-14(7-9-15)18-11-10-17-12-13-4-2-3-5-16(13)18/h2-9,17H,10-12H2,1H3. The highest BCUT2D eigenvalue weighted by Crippen LogP contribution is 2.30. The molecule has 0 saturated heterocycles. The minimum atomic E-state index is -3.15. The summed E-state index contributed by atoms with van der Waals surface area (Å²) in [7, 11) is -3.15. The highest BCUT2D eigenvalue weighted by atomic mass is 32.2. The molecule has 2 aromatic rings. The van der Waals surface area contributed by atoms with E-state index in [2.05, 4.69) is 22.3 Å². The molecule has 110 valence electrons. The van der Waals surface area contributed by atoms with E-state index >= 15 is 0 Å². The molecule has 0 spiro atoms. The fourth-order valence-corrected chi connectivity index (χ4v) is 3.23. The predicted molar refractivity (Wildman–Crippen MR) is 84.7 cm³/mol. The predicted octanol–water partition coefficient (Wildman–Crippen LogP) is 2.33. The van der Waals surface area contributed by atoms with E-state index in [0.29, 0.717) is 4.90 Å². The molecule has 21 heavy (non-hydrogen) atoms. The van der Waals surface area contributed by atoms with Gasteiger partial charge in [-0.3, -0.25) is 0 Å². The Balaban J connectivity index is 2.00. The van der Waals surface area contributed by atoms with Gasteiger partial charge in [0.1, 0.15) is 0 Å². The zero-order valence-corrected chi connectivity index (χ0v) is 12.7. The van der Waals surface area contributed by atoms with Gasteiger partial charge in [0.25, 0.3) is 0 Å². The van der Waals surface area contributed by atoms with Gasteiger partial charge in [-0.15, -0.1) is 0 Å². The van der Waals surface area contributed by atoms with E-state index in [-0.39, 0.29) is 0 Å². The summed E-state index contributed by atoms with van der Waals surface area (Å²) in [6.07, 6.45) is 1.23. The fourth-order valence-electron chi connectivity index (χ4n) is 2.60. The maximum absolute atomic E-state index is 11.6. The molecule has 1 aliphatic rings. The summed E-state index contributed by atoms with van der Waals surface area (Å²) in [4.78, 5) is 2.58. The first-order valence-electron chi connectivity index (χ1n) is 6.92. The third kappa shape index (κ3) is 2.94. The Bertz CT molecular complexity index is 739.